The largest absolute Gasteiger partial charge is 0.497 e. The standard InChI is InChI=1S/C24H25IN2O4S/c1-3-23(18-9-15-21(31-2)16-10-18)26-24(28)17-27(20-13-11-19(25)12-14-20)32(29,30)22-7-5-4-6-8-22/h4-16,23H,3,17H2,1-2H3,(H,26,28). The van der Waals surface area contributed by atoms with E-state index in [9.17, 15) is 13.2 Å². The lowest BCUT2D eigenvalue weighted by Gasteiger charge is -2.26. The molecule has 0 bridgehead atoms. The topological polar surface area (TPSA) is 75.7 Å². The van der Waals surface area contributed by atoms with Crippen molar-refractivity contribution in [3.63, 3.8) is 0 Å². The highest BCUT2D eigenvalue weighted by Crippen LogP contribution is 2.25. The average molecular weight is 564 g/mol. The molecule has 1 N–H and O–H groups in total. The summed E-state index contributed by atoms with van der Waals surface area (Å²) < 4.78 is 34.1. The fourth-order valence-electron chi connectivity index (χ4n) is 3.27. The van der Waals surface area contributed by atoms with Crippen molar-refractivity contribution in [2.24, 2.45) is 0 Å². The molecule has 3 aromatic rings. The van der Waals surface area contributed by atoms with Crippen molar-refractivity contribution in [1.82, 2.24) is 5.32 Å². The van der Waals surface area contributed by atoms with Crippen LogP contribution in [0.1, 0.15) is 24.9 Å². The van der Waals surface area contributed by atoms with Crippen molar-refractivity contribution in [2.45, 2.75) is 24.3 Å². The molecule has 0 aliphatic rings. The number of hydrogen-bond donors (Lipinski definition) is 1. The van der Waals surface area contributed by atoms with E-state index in [4.69, 9.17) is 4.74 Å². The summed E-state index contributed by atoms with van der Waals surface area (Å²) in [4.78, 5) is 13.1. The number of nitrogens with zero attached hydrogens (tertiary/aromatic N) is 1. The molecule has 0 aromatic heterocycles. The number of methoxy groups -OCH3 is 1. The average Bonchev–Trinajstić information content (AvgIpc) is 2.82. The summed E-state index contributed by atoms with van der Waals surface area (Å²) in [6.07, 6.45) is 0.660. The Hall–Kier alpha value is -2.59. The molecule has 0 aliphatic carbocycles. The van der Waals surface area contributed by atoms with Crippen LogP contribution in [0.5, 0.6) is 5.75 Å². The van der Waals surface area contributed by atoms with Crippen LogP contribution in [0.25, 0.3) is 0 Å². The molecule has 1 amide bonds. The number of benzene rings is 3. The van der Waals surface area contributed by atoms with Gasteiger partial charge < -0.3 is 10.1 Å². The van der Waals surface area contributed by atoms with Crippen LogP contribution < -0.4 is 14.4 Å². The number of anilines is 1. The van der Waals surface area contributed by atoms with Gasteiger partial charge in [0.15, 0.2) is 0 Å². The molecule has 3 aromatic carbocycles. The van der Waals surface area contributed by atoms with Gasteiger partial charge in [0.2, 0.25) is 5.91 Å². The lowest BCUT2D eigenvalue weighted by molar-refractivity contribution is -0.120. The van der Waals surface area contributed by atoms with Gasteiger partial charge in [-0.25, -0.2) is 8.42 Å². The lowest BCUT2D eigenvalue weighted by Crippen LogP contribution is -2.42. The molecule has 0 saturated heterocycles. The fourth-order valence-corrected chi connectivity index (χ4v) is 5.07. The molecule has 1 unspecified atom stereocenters. The molecule has 0 aliphatic heterocycles. The van der Waals surface area contributed by atoms with E-state index in [1.807, 2.05) is 43.3 Å². The van der Waals surface area contributed by atoms with Crippen LogP contribution in [0.15, 0.2) is 83.8 Å². The van der Waals surface area contributed by atoms with Gasteiger partial charge in [0.1, 0.15) is 12.3 Å². The fraction of sp³-hybridized carbons (Fsp3) is 0.208. The molecule has 0 saturated carbocycles. The molecule has 168 valence electrons. The molecule has 8 heteroatoms. The van der Waals surface area contributed by atoms with E-state index >= 15 is 0 Å². The number of carbonyl (C=O) groups is 1. The van der Waals surface area contributed by atoms with Gasteiger partial charge in [-0.05, 0) is 83.1 Å². The van der Waals surface area contributed by atoms with E-state index in [0.717, 1.165) is 19.2 Å². The van der Waals surface area contributed by atoms with Gasteiger partial charge >= 0.3 is 0 Å². The van der Waals surface area contributed by atoms with Gasteiger partial charge in [-0.1, -0.05) is 37.3 Å². The van der Waals surface area contributed by atoms with E-state index < -0.39 is 10.0 Å². The summed E-state index contributed by atoms with van der Waals surface area (Å²) in [5, 5.41) is 2.97. The first-order valence-corrected chi connectivity index (χ1v) is 12.6. The van der Waals surface area contributed by atoms with Crippen LogP contribution in [0.2, 0.25) is 0 Å². The maximum Gasteiger partial charge on any atom is 0.264 e. The highest BCUT2D eigenvalue weighted by atomic mass is 127. The van der Waals surface area contributed by atoms with Crippen LogP contribution >= 0.6 is 22.6 Å². The number of halogens is 1. The van der Waals surface area contributed by atoms with Gasteiger partial charge in [0, 0.05) is 3.57 Å². The number of nitrogens with one attached hydrogen (secondary N) is 1. The maximum atomic E-state index is 13.4. The van der Waals surface area contributed by atoms with Gasteiger partial charge in [-0.15, -0.1) is 0 Å². The normalized spacial score (nSPS) is 12.1. The van der Waals surface area contributed by atoms with E-state index in [0.29, 0.717) is 12.1 Å². The predicted octanol–water partition coefficient (Wildman–Crippen LogP) is 4.76. The molecule has 6 nitrogen and oxygen atoms in total. The summed E-state index contributed by atoms with van der Waals surface area (Å²) in [5.41, 5.74) is 1.36. The second-order valence-corrected chi connectivity index (χ2v) is 10.2. The third kappa shape index (κ3) is 5.80. The zero-order valence-corrected chi connectivity index (χ0v) is 20.8. The van der Waals surface area contributed by atoms with Gasteiger partial charge in [0.25, 0.3) is 10.0 Å². The highest BCUT2D eigenvalue weighted by molar-refractivity contribution is 14.1. The monoisotopic (exact) mass is 564 g/mol. The van der Waals surface area contributed by atoms with Crippen LogP contribution in [0.4, 0.5) is 5.69 Å². The summed E-state index contributed by atoms with van der Waals surface area (Å²) >= 11 is 2.15. The molecule has 0 spiro atoms. The molecule has 0 radical (unpaired) electrons. The van der Waals surface area contributed by atoms with Crippen molar-refractivity contribution < 1.29 is 17.9 Å². The van der Waals surface area contributed by atoms with E-state index in [1.165, 1.54) is 12.1 Å². The van der Waals surface area contributed by atoms with Crippen molar-refractivity contribution in [2.75, 3.05) is 18.0 Å². The van der Waals surface area contributed by atoms with Crippen molar-refractivity contribution in [3.8, 4) is 5.75 Å². The zero-order valence-electron chi connectivity index (χ0n) is 17.9. The Morgan fingerprint density at radius 1 is 1.00 bits per heavy atom. The lowest BCUT2D eigenvalue weighted by atomic mass is 10.0. The Balaban J connectivity index is 1.86. The number of carbonyl (C=O) groups excluding carboxylic acids is 1. The molecular weight excluding hydrogens is 539 g/mol. The minimum atomic E-state index is -3.92. The Labute approximate surface area is 202 Å². The molecule has 3 rings (SSSR count). The SMILES string of the molecule is CCC(NC(=O)CN(c1ccc(I)cc1)S(=O)(=O)c1ccccc1)c1ccc(OC)cc1. The van der Waals surface area contributed by atoms with Crippen LogP contribution in [0.3, 0.4) is 0 Å². The molecule has 1 atom stereocenters. The van der Waals surface area contributed by atoms with E-state index in [2.05, 4.69) is 27.9 Å². The first kappa shape index (κ1) is 24.1. The minimum absolute atomic E-state index is 0.133. The molecule has 0 heterocycles. The highest BCUT2D eigenvalue weighted by Gasteiger charge is 2.27. The molecular formula is C24H25IN2O4S. The van der Waals surface area contributed by atoms with Crippen LogP contribution in [-0.4, -0.2) is 28.0 Å². The van der Waals surface area contributed by atoms with Crippen LogP contribution in [0, 0.1) is 3.57 Å². The van der Waals surface area contributed by atoms with Crippen LogP contribution in [-0.2, 0) is 14.8 Å². The first-order valence-electron chi connectivity index (χ1n) is 10.1. The Morgan fingerprint density at radius 3 is 2.19 bits per heavy atom. The Morgan fingerprint density at radius 2 is 1.62 bits per heavy atom. The predicted molar refractivity (Wildman–Crippen MR) is 134 cm³/mol. The van der Waals surface area contributed by atoms with E-state index in [1.54, 1.807) is 37.4 Å². The van der Waals surface area contributed by atoms with Crippen molar-refractivity contribution >= 4 is 44.2 Å². The number of ether oxygens (including phenoxy) is 1. The number of rotatable bonds is 9. The van der Waals surface area contributed by atoms with Gasteiger partial charge in [-0.3, -0.25) is 9.10 Å². The second-order valence-electron chi connectivity index (χ2n) is 7.10. The summed E-state index contributed by atoms with van der Waals surface area (Å²) in [6.45, 7) is 1.64. The maximum absolute atomic E-state index is 13.4. The van der Waals surface area contributed by atoms with Gasteiger partial charge in [0.05, 0.1) is 23.7 Å². The number of hydrogen-bond acceptors (Lipinski definition) is 4. The van der Waals surface area contributed by atoms with E-state index in [-0.39, 0.29) is 23.4 Å². The smallest absolute Gasteiger partial charge is 0.264 e. The zero-order chi connectivity index (χ0) is 23.1. The third-order valence-corrected chi connectivity index (χ3v) is 7.50. The van der Waals surface area contributed by atoms with Gasteiger partial charge in [-0.2, -0.15) is 0 Å². The number of amides is 1. The Kier molecular flexibility index (Phi) is 8.14. The first-order chi connectivity index (χ1) is 15.3. The molecule has 0 fully saturated rings. The second kappa shape index (κ2) is 10.8. The summed E-state index contributed by atoms with van der Waals surface area (Å²) in [5.74, 6) is 0.347. The minimum Gasteiger partial charge on any atom is -0.497 e. The quantitative estimate of drug-likeness (QED) is 0.381. The third-order valence-electron chi connectivity index (χ3n) is 4.99. The van der Waals surface area contributed by atoms with Crippen molar-refractivity contribution in [3.05, 3.63) is 88.0 Å². The Bertz CT molecular complexity index is 1130. The summed E-state index contributed by atoms with van der Waals surface area (Å²) in [6, 6.07) is 22.4. The van der Waals surface area contributed by atoms with Crippen molar-refractivity contribution in [1.29, 1.82) is 0 Å². The summed E-state index contributed by atoms with van der Waals surface area (Å²) in [7, 11) is -2.33. The molecule has 32 heavy (non-hydrogen) atoms. The number of sulfonamides is 1.